The second kappa shape index (κ2) is 12.3. The number of carbonyl (C=O) groups is 3. The van der Waals surface area contributed by atoms with E-state index >= 15 is 0 Å². The van der Waals surface area contributed by atoms with Crippen LogP contribution in [0.3, 0.4) is 0 Å². The molecule has 4 amide bonds. The lowest BCUT2D eigenvalue weighted by molar-refractivity contribution is -0.117. The van der Waals surface area contributed by atoms with Crippen LogP contribution in [0.1, 0.15) is 27.7 Å². The van der Waals surface area contributed by atoms with Gasteiger partial charge in [-0.3, -0.25) is 10.1 Å². The van der Waals surface area contributed by atoms with Crippen LogP contribution in [0.15, 0.2) is 0 Å². The molecular formula is C10H21N3O4. The van der Waals surface area contributed by atoms with Crippen molar-refractivity contribution in [3.8, 4) is 0 Å². The molecule has 0 aromatic heterocycles. The maximum absolute atomic E-state index is 10.1. The van der Waals surface area contributed by atoms with Gasteiger partial charge in [-0.15, -0.1) is 0 Å². The highest BCUT2D eigenvalue weighted by atomic mass is 16.6. The standard InChI is InChI=1S/C3H4N2O2.C3H5NO2.2C2H6/c6-2-1-4-3(7)5-2;5-3-4-1-2-6-3;2*1-2/h1H2,(H2,4,5,6,7);1-2H2,(H,4,5);2*1-2H3. The number of hydrogen-bond acceptors (Lipinski definition) is 4. The summed E-state index contributed by atoms with van der Waals surface area (Å²) in [7, 11) is 0. The third-order valence-corrected chi connectivity index (χ3v) is 1.27. The zero-order valence-corrected chi connectivity index (χ0v) is 10.8. The molecule has 2 fully saturated rings. The Morgan fingerprint density at radius 2 is 1.59 bits per heavy atom. The van der Waals surface area contributed by atoms with Gasteiger partial charge in [-0.1, -0.05) is 27.7 Å². The Kier molecular flexibility index (Phi) is 12.7. The first-order chi connectivity index (χ1) is 8.18. The molecule has 0 bridgehead atoms. The zero-order chi connectivity index (χ0) is 13.7. The molecule has 0 aromatic carbocycles. The van der Waals surface area contributed by atoms with Gasteiger partial charge in [0.2, 0.25) is 5.91 Å². The number of urea groups is 1. The number of cyclic esters (lactones) is 1. The van der Waals surface area contributed by atoms with Gasteiger partial charge in [0.1, 0.15) is 6.61 Å². The molecule has 0 atom stereocenters. The summed E-state index contributed by atoms with van der Waals surface area (Å²) in [6, 6.07) is -0.398. The summed E-state index contributed by atoms with van der Waals surface area (Å²) < 4.78 is 4.40. The number of ether oxygens (including phenoxy) is 1. The van der Waals surface area contributed by atoms with E-state index in [0.29, 0.717) is 13.2 Å². The summed E-state index contributed by atoms with van der Waals surface area (Å²) in [4.78, 5) is 30.0. The van der Waals surface area contributed by atoms with Gasteiger partial charge < -0.3 is 15.4 Å². The molecule has 0 saturated carbocycles. The first kappa shape index (κ1) is 17.6. The van der Waals surface area contributed by atoms with E-state index in [2.05, 4.69) is 15.4 Å². The molecule has 0 radical (unpaired) electrons. The fraction of sp³-hybridized carbons (Fsp3) is 0.700. The molecule has 0 aromatic rings. The number of carbonyl (C=O) groups excluding carboxylic acids is 3. The maximum Gasteiger partial charge on any atom is 0.407 e. The highest BCUT2D eigenvalue weighted by Crippen LogP contribution is 1.82. The summed E-state index contributed by atoms with van der Waals surface area (Å²) in [5.74, 6) is -0.259. The van der Waals surface area contributed by atoms with Gasteiger partial charge in [-0.2, -0.15) is 0 Å². The Morgan fingerprint density at radius 3 is 1.71 bits per heavy atom. The van der Waals surface area contributed by atoms with Crippen LogP contribution >= 0.6 is 0 Å². The van der Waals surface area contributed by atoms with E-state index < -0.39 is 6.03 Å². The SMILES string of the molecule is CC.CC.O=C1CNC(=O)N1.O=C1NCCO1. The van der Waals surface area contributed by atoms with Crippen molar-refractivity contribution >= 4 is 18.0 Å². The van der Waals surface area contributed by atoms with Crippen LogP contribution in [-0.2, 0) is 9.53 Å². The number of hydrogen-bond donors (Lipinski definition) is 3. The lowest BCUT2D eigenvalue weighted by atomic mass is 10.7. The minimum Gasteiger partial charge on any atom is -0.448 e. The second-order valence-electron chi connectivity index (χ2n) is 2.29. The monoisotopic (exact) mass is 247 g/mol. The van der Waals surface area contributed by atoms with Gasteiger partial charge in [0, 0.05) is 0 Å². The smallest absolute Gasteiger partial charge is 0.407 e. The average molecular weight is 247 g/mol. The largest absolute Gasteiger partial charge is 0.448 e. The van der Waals surface area contributed by atoms with Crippen molar-refractivity contribution in [2.75, 3.05) is 19.7 Å². The molecule has 7 nitrogen and oxygen atoms in total. The molecule has 3 N–H and O–H groups in total. The Bertz CT molecular complexity index is 222. The summed E-state index contributed by atoms with van der Waals surface area (Å²) in [6.45, 7) is 9.32. The van der Waals surface area contributed by atoms with Gasteiger partial charge in [0.15, 0.2) is 0 Å². The second-order valence-corrected chi connectivity index (χ2v) is 2.29. The predicted molar refractivity (Wildman–Crippen MR) is 63.6 cm³/mol. The Balaban J connectivity index is 0. The average Bonchev–Trinajstić information content (AvgIpc) is 2.97. The molecule has 17 heavy (non-hydrogen) atoms. The van der Waals surface area contributed by atoms with E-state index in [0.717, 1.165) is 0 Å². The van der Waals surface area contributed by atoms with Crippen molar-refractivity contribution in [2.45, 2.75) is 27.7 Å². The van der Waals surface area contributed by atoms with Gasteiger partial charge in [0.25, 0.3) is 0 Å². The molecule has 0 unspecified atom stereocenters. The van der Waals surface area contributed by atoms with Crippen LogP contribution in [0.2, 0.25) is 0 Å². The Morgan fingerprint density at radius 1 is 1.00 bits per heavy atom. The molecule has 7 heteroatoms. The van der Waals surface area contributed by atoms with Crippen LogP contribution in [0.25, 0.3) is 0 Å². The molecule has 0 aliphatic carbocycles. The van der Waals surface area contributed by atoms with Crippen molar-refractivity contribution in [1.82, 2.24) is 16.0 Å². The van der Waals surface area contributed by atoms with E-state index in [-0.39, 0.29) is 18.5 Å². The molecule has 0 spiro atoms. The topological polar surface area (TPSA) is 96.5 Å². The van der Waals surface area contributed by atoms with E-state index in [4.69, 9.17) is 0 Å². The normalized spacial score (nSPS) is 15.4. The summed E-state index contributed by atoms with van der Waals surface area (Å²) in [5.41, 5.74) is 0. The number of rotatable bonds is 0. The summed E-state index contributed by atoms with van der Waals surface area (Å²) in [6.07, 6.45) is -0.296. The van der Waals surface area contributed by atoms with E-state index in [1.54, 1.807) is 0 Å². The molecule has 2 heterocycles. The highest BCUT2D eigenvalue weighted by molar-refractivity contribution is 6.01. The first-order valence-corrected chi connectivity index (χ1v) is 5.67. The van der Waals surface area contributed by atoms with Crippen LogP contribution in [0.4, 0.5) is 9.59 Å². The lowest BCUT2D eigenvalue weighted by Crippen LogP contribution is -2.22. The molecule has 100 valence electrons. The summed E-state index contributed by atoms with van der Waals surface area (Å²) >= 11 is 0. The van der Waals surface area contributed by atoms with Crippen LogP contribution in [0.5, 0.6) is 0 Å². The Labute approximate surface area is 101 Å². The number of imide groups is 1. The van der Waals surface area contributed by atoms with Crippen molar-refractivity contribution in [3.05, 3.63) is 0 Å². The first-order valence-electron chi connectivity index (χ1n) is 5.67. The quantitative estimate of drug-likeness (QED) is 0.546. The predicted octanol–water partition coefficient (Wildman–Crippen LogP) is 0.604. The van der Waals surface area contributed by atoms with Crippen molar-refractivity contribution in [1.29, 1.82) is 0 Å². The summed E-state index contributed by atoms with van der Waals surface area (Å²) in [5, 5.41) is 6.76. The minimum absolute atomic E-state index is 0.124. The van der Waals surface area contributed by atoms with E-state index in [9.17, 15) is 14.4 Å². The highest BCUT2D eigenvalue weighted by Gasteiger charge is 2.14. The van der Waals surface area contributed by atoms with Crippen LogP contribution in [-0.4, -0.2) is 37.7 Å². The van der Waals surface area contributed by atoms with E-state index in [1.165, 1.54) is 0 Å². The van der Waals surface area contributed by atoms with Gasteiger partial charge in [-0.05, 0) is 0 Å². The van der Waals surface area contributed by atoms with Crippen molar-refractivity contribution in [2.24, 2.45) is 0 Å². The Hall–Kier alpha value is -1.79. The van der Waals surface area contributed by atoms with Crippen LogP contribution < -0.4 is 16.0 Å². The third-order valence-electron chi connectivity index (χ3n) is 1.27. The van der Waals surface area contributed by atoms with E-state index in [1.807, 2.05) is 33.0 Å². The minimum atomic E-state index is -0.398. The van der Waals surface area contributed by atoms with Gasteiger partial charge >= 0.3 is 12.1 Å². The maximum atomic E-state index is 10.1. The van der Waals surface area contributed by atoms with Crippen LogP contribution in [0, 0.1) is 0 Å². The lowest BCUT2D eigenvalue weighted by Gasteiger charge is -1.80. The van der Waals surface area contributed by atoms with Gasteiger partial charge in [-0.25, -0.2) is 9.59 Å². The number of nitrogens with one attached hydrogen (secondary N) is 3. The molecule has 2 rings (SSSR count). The molecular weight excluding hydrogens is 226 g/mol. The fourth-order valence-corrected chi connectivity index (χ4v) is 0.723. The molecule has 2 aliphatic rings. The number of alkyl carbamates (subject to hydrolysis) is 1. The van der Waals surface area contributed by atoms with Gasteiger partial charge in [0.05, 0.1) is 13.1 Å². The zero-order valence-electron chi connectivity index (χ0n) is 10.8. The fourth-order valence-electron chi connectivity index (χ4n) is 0.723. The third kappa shape index (κ3) is 10.5. The van der Waals surface area contributed by atoms with Crippen molar-refractivity contribution in [3.63, 3.8) is 0 Å². The molecule has 2 aliphatic heterocycles. The number of amides is 4. The molecule has 2 saturated heterocycles. The van der Waals surface area contributed by atoms with Crippen molar-refractivity contribution < 1.29 is 19.1 Å².